The van der Waals surface area contributed by atoms with E-state index >= 15 is 0 Å². The van der Waals surface area contributed by atoms with Crippen LogP contribution < -0.4 is 10.6 Å². The maximum absolute atomic E-state index is 3.51. The van der Waals surface area contributed by atoms with Crippen LogP contribution in [0.3, 0.4) is 0 Å². The third-order valence-electron chi connectivity index (χ3n) is 1.89. The van der Waals surface area contributed by atoms with Crippen molar-refractivity contribution in [1.82, 2.24) is 10.6 Å². The number of nitrogens with one attached hydrogen (secondary N) is 2. The van der Waals surface area contributed by atoms with Gasteiger partial charge in [0.1, 0.15) is 0 Å². The highest BCUT2D eigenvalue weighted by Gasteiger charge is 2.09. The lowest BCUT2D eigenvalue weighted by Gasteiger charge is -2.21. The summed E-state index contributed by atoms with van der Waals surface area (Å²) in [5.74, 6) is 0.717. The molecule has 1 atom stereocenters. The molecule has 0 aromatic carbocycles. The second-order valence-electron chi connectivity index (χ2n) is 3.36. The molecule has 2 nitrogen and oxygen atoms in total. The second-order valence-corrected chi connectivity index (χ2v) is 3.36. The lowest BCUT2D eigenvalue weighted by molar-refractivity contribution is 0.388. The predicted octanol–water partition coefficient (Wildman–Crippen LogP) is 1.23. The Bertz CT molecular complexity index is 81.6. The van der Waals surface area contributed by atoms with Gasteiger partial charge in [0.2, 0.25) is 0 Å². The molecule has 0 aliphatic carbocycles. The molecular formula is C9H22N2. The fourth-order valence-electron chi connectivity index (χ4n) is 1.09. The van der Waals surface area contributed by atoms with E-state index in [1.165, 1.54) is 6.42 Å². The first kappa shape index (κ1) is 10.9. The van der Waals surface area contributed by atoms with Gasteiger partial charge in [-0.05, 0) is 25.9 Å². The molecule has 0 saturated carbocycles. The zero-order valence-corrected chi connectivity index (χ0v) is 8.28. The minimum absolute atomic E-state index is 0.625. The van der Waals surface area contributed by atoms with Crippen molar-refractivity contribution in [3.8, 4) is 0 Å². The van der Waals surface area contributed by atoms with E-state index in [1.807, 2.05) is 7.05 Å². The molecule has 0 aromatic heterocycles. The van der Waals surface area contributed by atoms with E-state index in [0.717, 1.165) is 13.1 Å². The van der Waals surface area contributed by atoms with Crippen molar-refractivity contribution in [2.45, 2.75) is 33.2 Å². The Kier molecular flexibility index (Phi) is 6.57. The molecule has 0 spiro atoms. The van der Waals surface area contributed by atoms with Gasteiger partial charge in [-0.15, -0.1) is 0 Å². The Balaban J connectivity index is 3.51. The minimum Gasteiger partial charge on any atom is -0.318 e. The Morgan fingerprint density at radius 3 is 2.27 bits per heavy atom. The normalized spacial score (nSPS) is 13.9. The van der Waals surface area contributed by atoms with Gasteiger partial charge in [0, 0.05) is 12.6 Å². The maximum atomic E-state index is 3.51. The molecule has 0 aliphatic heterocycles. The van der Waals surface area contributed by atoms with E-state index < -0.39 is 0 Å². The summed E-state index contributed by atoms with van der Waals surface area (Å²) in [6.45, 7) is 8.90. The third-order valence-corrected chi connectivity index (χ3v) is 1.89. The lowest BCUT2D eigenvalue weighted by Crippen LogP contribution is -2.41. The van der Waals surface area contributed by atoms with Crippen LogP contribution in [0.15, 0.2) is 0 Å². The van der Waals surface area contributed by atoms with Crippen molar-refractivity contribution in [3.05, 3.63) is 0 Å². The monoisotopic (exact) mass is 158 g/mol. The Morgan fingerprint density at radius 2 is 1.91 bits per heavy atom. The standard InChI is InChI=1S/C9H22N2/c1-5-6-11-9(7-10-4)8(2)3/h8-11H,5-7H2,1-4H3. The van der Waals surface area contributed by atoms with Crippen molar-refractivity contribution in [2.24, 2.45) is 5.92 Å². The van der Waals surface area contributed by atoms with Crippen LogP contribution in [0.1, 0.15) is 27.2 Å². The summed E-state index contributed by atoms with van der Waals surface area (Å²) >= 11 is 0. The van der Waals surface area contributed by atoms with Crippen LogP contribution in [0, 0.1) is 5.92 Å². The smallest absolute Gasteiger partial charge is 0.0215 e. The Labute approximate surface area is 70.8 Å². The van der Waals surface area contributed by atoms with E-state index in [1.54, 1.807) is 0 Å². The van der Waals surface area contributed by atoms with Gasteiger partial charge in [0.05, 0.1) is 0 Å². The largest absolute Gasteiger partial charge is 0.318 e. The van der Waals surface area contributed by atoms with Gasteiger partial charge in [-0.2, -0.15) is 0 Å². The average molecular weight is 158 g/mol. The first-order valence-electron chi connectivity index (χ1n) is 4.60. The van der Waals surface area contributed by atoms with Crippen molar-refractivity contribution in [2.75, 3.05) is 20.1 Å². The highest BCUT2D eigenvalue weighted by molar-refractivity contribution is 4.71. The quantitative estimate of drug-likeness (QED) is 0.607. The average Bonchev–Trinajstić information content (AvgIpc) is 1.97. The molecule has 1 unspecified atom stereocenters. The minimum atomic E-state index is 0.625. The van der Waals surface area contributed by atoms with Crippen molar-refractivity contribution < 1.29 is 0 Å². The molecule has 68 valence electrons. The van der Waals surface area contributed by atoms with Gasteiger partial charge in [-0.25, -0.2) is 0 Å². The molecule has 0 radical (unpaired) electrons. The van der Waals surface area contributed by atoms with Crippen LogP contribution in [0.2, 0.25) is 0 Å². The van der Waals surface area contributed by atoms with Crippen molar-refractivity contribution in [3.63, 3.8) is 0 Å². The summed E-state index contributed by atoms with van der Waals surface area (Å²) in [5, 5.41) is 6.70. The summed E-state index contributed by atoms with van der Waals surface area (Å²) in [4.78, 5) is 0. The van der Waals surface area contributed by atoms with Gasteiger partial charge in [0.25, 0.3) is 0 Å². The predicted molar refractivity (Wildman–Crippen MR) is 50.8 cm³/mol. The van der Waals surface area contributed by atoms with Crippen molar-refractivity contribution >= 4 is 0 Å². The van der Waals surface area contributed by atoms with E-state index in [2.05, 4.69) is 31.4 Å². The molecule has 0 aromatic rings. The highest BCUT2D eigenvalue weighted by Crippen LogP contribution is 1.99. The molecule has 2 N–H and O–H groups in total. The fourth-order valence-corrected chi connectivity index (χ4v) is 1.09. The first-order valence-corrected chi connectivity index (χ1v) is 4.60. The zero-order valence-electron chi connectivity index (χ0n) is 8.28. The molecule has 2 heteroatoms. The highest BCUT2D eigenvalue weighted by atomic mass is 15.0. The zero-order chi connectivity index (χ0) is 8.69. The van der Waals surface area contributed by atoms with E-state index in [-0.39, 0.29) is 0 Å². The maximum Gasteiger partial charge on any atom is 0.0215 e. The van der Waals surface area contributed by atoms with Crippen LogP contribution in [0.5, 0.6) is 0 Å². The number of hydrogen-bond donors (Lipinski definition) is 2. The van der Waals surface area contributed by atoms with Crippen LogP contribution in [-0.4, -0.2) is 26.2 Å². The molecule has 0 fully saturated rings. The summed E-state index contributed by atoms with van der Waals surface area (Å²) < 4.78 is 0. The second kappa shape index (κ2) is 6.62. The molecule has 0 aliphatic rings. The number of hydrogen-bond acceptors (Lipinski definition) is 2. The summed E-state index contributed by atoms with van der Waals surface area (Å²) in [6, 6.07) is 0.625. The van der Waals surface area contributed by atoms with Crippen LogP contribution in [0.25, 0.3) is 0 Å². The molecule has 11 heavy (non-hydrogen) atoms. The third kappa shape index (κ3) is 5.22. The Hall–Kier alpha value is -0.0800. The lowest BCUT2D eigenvalue weighted by atomic mass is 10.0. The molecule has 0 saturated heterocycles. The van der Waals surface area contributed by atoms with Gasteiger partial charge in [-0.3, -0.25) is 0 Å². The molecule has 0 rings (SSSR count). The topological polar surface area (TPSA) is 24.1 Å². The first-order chi connectivity index (χ1) is 5.22. The summed E-state index contributed by atoms with van der Waals surface area (Å²) in [6.07, 6.45) is 1.22. The SMILES string of the molecule is CCCNC(CNC)C(C)C. The van der Waals surface area contributed by atoms with E-state index in [0.29, 0.717) is 12.0 Å². The van der Waals surface area contributed by atoms with E-state index in [4.69, 9.17) is 0 Å². The van der Waals surface area contributed by atoms with Gasteiger partial charge in [-0.1, -0.05) is 20.8 Å². The molecule has 0 bridgehead atoms. The number of likely N-dealkylation sites (N-methyl/N-ethyl adjacent to an activating group) is 1. The van der Waals surface area contributed by atoms with Crippen molar-refractivity contribution in [1.29, 1.82) is 0 Å². The van der Waals surface area contributed by atoms with E-state index in [9.17, 15) is 0 Å². The number of rotatable bonds is 6. The molecular weight excluding hydrogens is 136 g/mol. The molecule has 0 amide bonds. The van der Waals surface area contributed by atoms with Gasteiger partial charge in [0.15, 0.2) is 0 Å². The molecule has 0 heterocycles. The summed E-state index contributed by atoms with van der Waals surface area (Å²) in [5.41, 5.74) is 0. The van der Waals surface area contributed by atoms with Gasteiger partial charge < -0.3 is 10.6 Å². The van der Waals surface area contributed by atoms with Gasteiger partial charge >= 0.3 is 0 Å². The Morgan fingerprint density at radius 1 is 1.27 bits per heavy atom. The van der Waals surface area contributed by atoms with Crippen LogP contribution >= 0.6 is 0 Å². The summed E-state index contributed by atoms with van der Waals surface area (Å²) in [7, 11) is 2.00. The van der Waals surface area contributed by atoms with Crippen LogP contribution in [-0.2, 0) is 0 Å². The fraction of sp³-hybridized carbons (Fsp3) is 1.00. The van der Waals surface area contributed by atoms with Crippen LogP contribution in [0.4, 0.5) is 0 Å².